The molecule has 0 radical (unpaired) electrons. The summed E-state index contributed by atoms with van der Waals surface area (Å²) in [5, 5.41) is 6.93. The lowest BCUT2D eigenvalue weighted by atomic mass is 10.2. The average molecular weight is 308 g/mol. The molecule has 5 heteroatoms. The average Bonchev–Trinajstić information content (AvgIpc) is 2.69. The number of nitrogens with one attached hydrogen (secondary N) is 1. The molecule has 1 aromatic carbocycles. The van der Waals surface area contributed by atoms with E-state index >= 15 is 0 Å². The largest absolute Gasteiger partial charge is 0.348 e. The summed E-state index contributed by atoms with van der Waals surface area (Å²) in [5.41, 5.74) is 2.55. The smallest absolute Gasteiger partial charge is 0.255 e. The Balaban J connectivity index is 2.00. The lowest BCUT2D eigenvalue weighted by molar-refractivity contribution is 0.0950. The van der Waals surface area contributed by atoms with Crippen molar-refractivity contribution in [1.29, 1.82) is 0 Å². The van der Waals surface area contributed by atoms with Crippen LogP contribution >= 0.6 is 15.9 Å². The minimum absolute atomic E-state index is 0.0940. The number of rotatable bonds is 3. The third kappa shape index (κ3) is 2.79. The van der Waals surface area contributed by atoms with Gasteiger partial charge in [-0.15, -0.1) is 0 Å². The first-order valence-electron chi connectivity index (χ1n) is 5.59. The van der Waals surface area contributed by atoms with E-state index in [0.29, 0.717) is 12.1 Å². The normalized spacial score (nSPS) is 10.4. The highest BCUT2D eigenvalue weighted by atomic mass is 79.9. The van der Waals surface area contributed by atoms with Gasteiger partial charge in [-0.2, -0.15) is 5.10 Å². The van der Waals surface area contributed by atoms with E-state index in [1.54, 1.807) is 10.9 Å². The first-order valence-corrected chi connectivity index (χ1v) is 6.38. The molecule has 0 saturated heterocycles. The van der Waals surface area contributed by atoms with Gasteiger partial charge in [0.1, 0.15) is 0 Å². The van der Waals surface area contributed by atoms with Gasteiger partial charge in [0.2, 0.25) is 0 Å². The van der Waals surface area contributed by atoms with Crippen molar-refractivity contribution in [3.05, 3.63) is 51.8 Å². The van der Waals surface area contributed by atoms with Gasteiger partial charge in [0, 0.05) is 23.8 Å². The molecule has 2 rings (SSSR count). The number of amides is 1. The molecule has 0 bridgehead atoms. The zero-order valence-electron chi connectivity index (χ0n) is 10.3. The third-order valence-electron chi connectivity index (χ3n) is 2.85. The number of aryl methyl sites for hydroxylation is 1. The summed E-state index contributed by atoms with van der Waals surface area (Å²) in [4.78, 5) is 11.9. The Hall–Kier alpha value is -1.62. The second kappa shape index (κ2) is 5.35. The molecule has 0 spiro atoms. The van der Waals surface area contributed by atoms with Crippen molar-refractivity contribution in [2.75, 3.05) is 0 Å². The van der Waals surface area contributed by atoms with Crippen LogP contribution in [0.25, 0.3) is 0 Å². The molecule has 2 aromatic rings. The molecule has 4 nitrogen and oxygen atoms in total. The molecule has 0 unspecified atom stereocenters. The molecule has 94 valence electrons. The third-order valence-corrected chi connectivity index (χ3v) is 3.37. The van der Waals surface area contributed by atoms with E-state index in [2.05, 4.69) is 26.3 Å². The van der Waals surface area contributed by atoms with Crippen LogP contribution in [0.4, 0.5) is 0 Å². The quantitative estimate of drug-likeness (QED) is 0.946. The number of carbonyl (C=O) groups excluding carboxylic acids is 1. The monoisotopic (exact) mass is 307 g/mol. The van der Waals surface area contributed by atoms with Gasteiger partial charge in [0.05, 0.1) is 11.8 Å². The van der Waals surface area contributed by atoms with E-state index in [4.69, 9.17) is 0 Å². The number of carbonyl (C=O) groups is 1. The first kappa shape index (κ1) is 12.8. The molecule has 0 aliphatic heterocycles. The van der Waals surface area contributed by atoms with Crippen LogP contribution in [0.15, 0.2) is 34.9 Å². The summed E-state index contributed by atoms with van der Waals surface area (Å²) >= 11 is 3.38. The van der Waals surface area contributed by atoms with Gasteiger partial charge in [-0.25, -0.2) is 0 Å². The highest BCUT2D eigenvalue weighted by Crippen LogP contribution is 2.11. The Morgan fingerprint density at radius 2 is 2.06 bits per heavy atom. The predicted octanol–water partition coefficient (Wildman–Crippen LogP) is 2.42. The number of aromatic nitrogens is 2. The molecule has 1 aromatic heterocycles. The summed E-state index contributed by atoms with van der Waals surface area (Å²) in [5.74, 6) is -0.0940. The fourth-order valence-corrected chi connectivity index (χ4v) is 1.87. The maximum atomic E-state index is 11.9. The van der Waals surface area contributed by atoms with Crippen molar-refractivity contribution in [2.45, 2.75) is 13.5 Å². The van der Waals surface area contributed by atoms with Crippen LogP contribution in [0.1, 0.15) is 21.6 Å². The number of benzene rings is 1. The van der Waals surface area contributed by atoms with Gasteiger partial charge >= 0.3 is 0 Å². The Labute approximate surface area is 114 Å². The van der Waals surface area contributed by atoms with Crippen LogP contribution in [0.5, 0.6) is 0 Å². The standard InChI is InChI=1S/C13H14BrN3O/c1-9-12(8-16-17(9)2)13(18)15-7-10-3-5-11(14)6-4-10/h3-6,8H,7H2,1-2H3,(H,15,18). The van der Waals surface area contributed by atoms with Gasteiger partial charge in [-0.3, -0.25) is 9.48 Å². The molecule has 0 aliphatic carbocycles. The van der Waals surface area contributed by atoms with Crippen LogP contribution in [-0.4, -0.2) is 15.7 Å². The maximum Gasteiger partial charge on any atom is 0.255 e. The highest BCUT2D eigenvalue weighted by Gasteiger charge is 2.11. The minimum atomic E-state index is -0.0940. The van der Waals surface area contributed by atoms with Crippen molar-refractivity contribution in [3.63, 3.8) is 0 Å². The van der Waals surface area contributed by atoms with Crippen molar-refractivity contribution in [3.8, 4) is 0 Å². The molecule has 1 heterocycles. The van der Waals surface area contributed by atoms with Crippen molar-refractivity contribution in [2.24, 2.45) is 7.05 Å². The Kier molecular flexibility index (Phi) is 3.81. The van der Waals surface area contributed by atoms with Gasteiger partial charge in [0.15, 0.2) is 0 Å². The number of hydrogen-bond acceptors (Lipinski definition) is 2. The van der Waals surface area contributed by atoms with Crippen molar-refractivity contribution in [1.82, 2.24) is 15.1 Å². The van der Waals surface area contributed by atoms with E-state index in [1.807, 2.05) is 38.2 Å². The molecule has 0 saturated carbocycles. The van der Waals surface area contributed by atoms with Gasteiger partial charge in [-0.05, 0) is 24.6 Å². The zero-order valence-corrected chi connectivity index (χ0v) is 11.9. The highest BCUT2D eigenvalue weighted by molar-refractivity contribution is 9.10. The Morgan fingerprint density at radius 1 is 1.39 bits per heavy atom. The fourth-order valence-electron chi connectivity index (χ4n) is 1.60. The van der Waals surface area contributed by atoms with Crippen LogP contribution in [0, 0.1) is 6.92 Å². The molecule has 0 fully saturated rings. The second-order valence-electron chi connectivity index (χ2n) is 4.08. The summed E-state index contributed by atoms with van der Waals surface area (Å²) in [6.45, 7) is 2.39. The van der Waals surface area contributed by atoms with Crippen molar-refractivity contribution >= 4 is 21.8 Å². The van der Waals surface area contributed by atoms with Crippen molar-refractivity contribution < 1.29 is 4.79 Å². The molecule has 0 atom stereocenters. The summed E-state index contributed by atoms with van der Waals surface area (Å²) < 4.78 is 2.72. The van der Waals surface area contributed by atoms with Crippen LogP contribution < -0.4 is 5.32 Å². The summed E-state index contributed by atoms with van der Waals surface area (Å²) in [6, 6.07) is 7.86. The minimum Gasteiger partial charge on any atom is -0.348 e. The summed E-state index contributed by atoms with van der Waals surface area (Å²) in [7, 11) is 1.82. The number of halogens is 1. The zero-order chi connectivity index (χ0) is 13.1. The van der Waals surface area contributed by atoms with Gasteiger partial charge < -0.3 is 5.32 Å². The van der Waals surface area contributed by atoms with Gasteiger partial charge in [0.25, 0.3) is 5.91 Å². The second-order valence-corrected chi connectivity index (χ2v) is 4.99. The van der Waals surface area contributed by atoms with E-state index in [9.17, 15) is 4.79 Å². The molecule has 1 N–H and O–H groups in total. The molecular weight excluding hydrogens is 294 g/mol. The molecule has 0 aliphatic rings. The van der Waals surface area contributed by atoms with Crippen LogP contribution in [-0.2, 0) is 13.6 Å². The van der Waals surface area contributed by atoms with Crippen LogP contribution in [0.3, 0.4) is 0 Å². The SMILES string of the molecule is Cc1c(C(=O)NCc2ccc(Br)cc2)cnn1C. The number of nitrogens with zero attached hydrogens (tertiary/aromatic N) is 2. The van der Waals surface area contributed by atoms with E-state index in [-0.39, 0.29) is 5.91 Å². The van der Waals surface area contributed by atoms with E-state index < -0.39 is 0 Å². The van der Waals surface area contributed by atoms with E-state index in [1.165, 1.54) is 0 Å². The maximum absolute atomic E-state index is 11.9. The molecule has 1 amide bonds. The summed E-state index contributed by atoms with van der Waals surface area (Å²) in [6.07, 6.45) is 1.59. The predicted molar refractivity (Wildman–Crippen MR) is 73.3 cm³/mol. The van der Waals surface area contributed by atoms with Gasteiger partial charge in [-0.1, -0.05) is 28.1 Å². The Morgan fingerprint density at radius 3 is 2.61 bits per heavy atom. The van der Waals surface area contributed by atoms with E-state index in [0.717, 1.165) is 15.7 Å². The fraction of sp³-hybridized carbons (Fsp3) is 0.231. The Bertz CT molecular complexity index is 560. The lowest BCUT2D eigenvalue weighted by Crippen LogP contribution is -2.23. The first-order chi connectivity index (χ1) is 8.58. The topological polar surface area (TPSA) is 46.9 Å². The molecular formula is C13H14BrN3O. The van der Waals surface area contributed by atoms with Crippen LogP contribution in [0.2, 0.25) is 0 Å². The number of hydrogen-bond donors (Lipinski definition) is 1. The lowest BCUT2D eigenvalue weighted by Gasteiger charge is -2.05. The molecule has 18 heavy (non-hydrogen) atoms.